The van der Waals surface area contributed by atoms with Crippen molar-refractivity contribution in [3.63, 3.8) is 0 Å². The molecule has 1 heterocycles. The average Bonchev–Trinajstić information content (AvgIpc) is 2.63. The van der Waals surface area contributed by atoms with Crippen molar-refractivity contribution >= 4 is 0 Å². The minimum atomic E-state index is 0.233. The van der Waals surface area contributed by atoms with Crippen LogP contribution >= 0.6 is 0 Å². The zero-order chi connectivity index (χ0) is 13.0. The highest BCUT2D eigenvalue weighted by atomic mass is 16.3. The van der Waals surface area contributed by atoms with E-state index in [-0.39, 0.29) is 12.5 Å². The molecule has 2 rings (SSSR count). The summed E-state index contributed by atoms with van der Waals surface area (Å²) in [6, 6.07) is 8.83. The first-order valence-electron chi connectivity index (χ1n) is 7.10. The van der Waals surface area contributed by atoms with Crippen molar-refractivity contribution < 1.29 is 5.11 Å². The quantitative estimate of drug-likeness (QED) is 0.887. The fraction of sp³-hybridized carbons (Fsp3) is 0.625. The van der Waals surface area contributed by atoms with Gasteiger partial charge in [-0.25, -0.2) is 0 Å². The lowest BCUT2D eigenvalue weighted by molar-refractivity contribution is 0.273. The molecule has 0 aliphatic carbocycles. The van der Waals surface area contributed by atoms with Gasteiger partial charge in [-0.3, -0.25) is 0 Å². The van der Waals surface area contributed by atoms with Gasteiger partial charge in [0.25, 0.3) is 0 Å². The smallest absolute Gasteiger partial charge is 0.0497 e. The zero-order valence-corrected chi connectivity index (χ0v) is 11.6. The van der Waals surface area contributed by atoms with E-state index in [0.717, 1.165) is 0 Å². The van der Waals surface area contributed by atoms with E-state index in [1.165, 1.54) is 43.5 Å². The number of rotatable bonds is 3. The third kappa shape index (κ3) is 3.33. The normalized spacial score (nSPS) is 23.6. The Kier molecular flexibility index (Phi) is 4.79. The van der Waals surface area contributed by atoms with E-state index in [0.29, 0.717) is 5.92 Å². The molecule has 100 valence electrons. The van der Waals surface area contributed by atoms with Gasteiger partial charge in [0, 0.05) is 12.5 Å². The van der Waals surface area contributed by atoms with Gasteiger partial charge < -0.3 is 10.0 Å². The van der Waals surface area contributed by atoms with Crippen LogP contribution in [-0.4, -0.2) is 36.8 Å². The van der Waals surface area contributed by atoms with Crippen LogP contribution in [0.5, 0.6) is 0 Å². The lowest BCUT2D eigenvalue weighted by Gasteiger charge is -2.17. The summed E-state index contributed by atoms with van der Waals surface area (Å²) in [5.41, 5.74) is 2.73. The van der Waals surface area contributed by atoms with Crippen molar-refractivity contribution in [3.05, 3.63) is 35.4 Å². The van der Waals surface area contributed by atoms with E-state index in [2.05, 4.69) is 43.1 Å². The maximum atomic E-state index is 9.26. The van der Waals surface area contributed by atoms with E-state index < -0.39 is 0 Å². The molecular formula is C16H25NO. The molecule has 1 aromatic rings. The van der Waals surface area contributed by atoms with E-state index in [1.807, 2.05) is 0 Å². The van der Waals surface area contributed by atoms with Gasteiger partial charge in [-0.15, -0.1) is 0 Å². The summed E-state index contributed by atoms with van der Waals surface area (Å²) in [5, 5.41) is 9.26. The molecule has 0 saturated carbocycles. The van der Waals surface area contributed by atoms with Gasteiger partial charge in [-0.2, -0.15) is 0 Å². The van der Waals surface area contributed by atoms with Crippen LogP contribution in [0.4, 0.5) is 0 Å². The third-order valence-corrected chi connectivity index (χ3v) is 4.18. The van der Waals surface area contributed by atoms with Crippen LogP contribution in [0.15, 0.2) is 24.3 Å². The first-order chi connectivity index (χ1) is 8.70. The van der Waals surface area contributed by atoms with Gasteiger partial charge in [0.15, 0.2) is 0 Å². The Labute approximate surface area is 111 Å². The van der Waals surface area contributed by atoms with Crippen molar-refractivity contribution in [3.8, 4) is 0 Å². The molecule has 0 aromatic heterocycles. The molecule has 1 aromatic carbocycles. The minimum absolute atomic E-state index is 0.233. The molecule has 1 N–H and O–H groups in total. The van der Waals surface area contributed by atoms with Crippen molar-refractivity contribution in [2.75, 3.05) is 26.7 Å². The van der Waals surface area contributed by atoms with E-state index in [4.69, 9.17) is 0 Å². The maximum absolute atomic E-state index is 9.26. The SMILES string of the molecule is CC(CO)c1cccc(C2CCCN(C)CC2)c1. The second kappa shape index (κ2) is 6.35. The standard InChI is InChI=1S/C16H25NO/c1-13(12-18)15-5-3-6-16(11-15)14-7-4-9-17(2)10-8-14/h3,5-6,11,13-14,18H,4,7-10,12H2,1-2H3. The Bertz CT molecular complexity index is 377. The molecule has 2 atom stereocenters. The number of nitrogens with zero attached hydrogens (tertiary/aromatic N) is 1. The molecule has 0 spiro atoms. The van der Waals surface area contributed by atoms with Crippen molar-refractivity contribution in [2.24, 2.45) is 0 Å². The van der Waals surface area contributed by atoms with Crippen LogP contribution in [-0.2, 0) is 0 Å². The molecule has 1 aliphatic rings. The number of hydrogen-bond acceptors (Lipinski definition) is 2. The monoisotopic (exact) mass is 247 g/mol. The van der Waals surface area contributed by atoms with E-state index in [9.17, 15) is 5.11 Å². The Morgan fingerprint density at radius 2 is 2.17 bits per heavy atom. The summed E-state index contributed by atoms with van der Waals surface area (Å²) < 4.78 is 0. The Hall–Kier alpha value is -0.860. The molecule has 0 bridgehead atoms. The van der Waals surface area contributed by atoms with Crippen molar-refractivity contribution in [1.82, 2.24) is 4.90 Å². The number of hydrogen-bond donors (Lipinski definition) is 1. The fourth-order valence-corrected chi connectivity index (χ4v) is 2.80. The summed E-state index contributed by atoms with van der Waals surface area (Å²) in [6.45, 7) is 4.74. The summed E-state index contributed by atoms with van der Waals surface area (Å²) >= 11 is 0. The fourth-order valence-electron chi connectivity index (χ4n) is 2.80. The van der Waals surface area contributed by atoms with Gasteiger partial charge >= 0.3 is 0 Å². The molecule has 0 amide bonds. The molecule has 2 unspecified atom stereocenters. The second-order valence-corrected chi connectivity index (χ2v) is 5.68. The highest BCUT2D eigenvalue weighted by molar-refractivity contribution is 5.29. The highest BCUT2D eigenvalue weighted by Gasteiger charge is 2.17. The summed E-state index contributed by atoms with van der Waals surface area (Å²) in [7, 11) is 2.21. The van der Waals surface area contributed by atoms with Crippen LogP contribution < -0.4 is 0 Å². The summed E-state index contributed by atoms with van der Waals surface area (Å²) in [5.74, 6) is 0.944. The van der Waals surface area contributed by atoms with E-state index in [1.54, 1.807) is 0 Å². The lowest BCUT2D eigenvalue weighted by Crippen LogP contribution is -2.18. The minimum Gasteiger partial charge on any atom is -0.396 e. The van der Waals surface area contributed by atoms with Crippen molar-refractivity contribution in [1.29, 1.82) is 0 Å². The van der Waals surface area contributed by atoms with Gasteiger partial charge in [0.1, 0.15) is 0 Å². The predicted molar refractivity (Wildman–Crippen MR) is 76.0 cm³/mol. The lowest BCUT2D eigenvalue weighted by atomic mass is 9.89. The first kappa shape index (κ1) is 13.6. The van der Waals surface area contributed by atoms with E-state index >= 15 is 0 Å². The topological polar surface area (TPSA) is 23.5 Å². The van der Waals surface area contributed by atoms with Gasteiger partial charge in [-0.1, -0.05) is 31.2 Å². The molecule has 0 radical (unpaired) electrons. The number of aliphatic hydroxyl groups excluding tert-OH is 1. The molecule has 1 saturated heterocycles. The second-order valence-electron chi connectivity index (χ2n) is 5.68. The molecule has 1 fully saturated rings. The van der Waals surface area contributed by atoms with Crippen LogP contribution in [0.25, 0.3) is 0 Å². The summed E-state index contributed by atoms with van der Waals surface area (Å²) in [4.78, 5) is 2.43. The zero-order valence-electron chi connectivity index (χ0n) is 11.6. The van der Waals surface area contributed by atoms with Crippen molar-refractivity contribution in [2.45, 2.75) is 38.0 Å². The Balaban J connectivity index is 2.12. The predicted octanol–water partition coefficient (Wildman–Crippen LogP) is 2.98. The van der Waals surface area contributed by atoms with Crippen LogP contribution in [0, 0.1) is 0 Å². The molecule has 2 nitrogen and oxygen atoms in total. The van der Waals surface area contributed by atoms with Gasteiger partial charge in [0.2, 0.25) is 0 Å². The Morgan fingerprint density at radius 1 is 1.33 bits per heavy atom. The van der Waals surface area contributed by atoms with Crippen LogP contribution in [0.1, 0.15) is 49.1 Å². The molecule has 2 heteroatoms. The molecule has 1 aliphatic heterocycles. The largest absolute Gasteiger partial charge is 0.396 e. The number of benzene rings is 1. The van der Waals surface area contributed by atoms with Gasteiger partial charge in [0.05, 0.1) is 0 Å². The first-order valence-corrected chi connectivity index (χ1v) is 7.10. The summed E-state index contributed by atoms with van der Waals surface area (Å²) in [6.07, 6.45) is 3.84. The third-order valence-electron chi connectivity index (χ3n) is 4.18. The van der Waals surface area contributed by atoms with Crippen LogP contribution in [0.2, 0.25) is 0 Å². The molecular weight excluding hydrogens is 222 g/mol. The van der Waals surface area contributed by atoms with Gasteiger partial charge in [-0.05, 0) is 56.4 Å². The Morgan fingerprint density at radius 3 is 2.94 bits per heavy atom. The maximum Gasteiger partial charge on any atom is 0.0497 e. The number of likely N-dealkylation sites (tertiary alicyclic amines) is 1. The highest BCUT2D eigenvalue weighted by Crippen LogP contribution is 2.29. The van der Waals surface area contributed by atoms with Crippen LogP contribution in [0.3, 0.4) is 0 Å². The molecule has 18 heavy (non-hydrogen) atoms. The number of aliphatic hydroxyl groups is 1. The average molecular weight is 247 g/mol.